The minimum atomic E-state index is -1.30. The van der Waals surface area contributed by atoms with Crippen molar-refractivity contribution in [1.29, 1.82) is 0 Å². The van der Waals surface area contributed by atoms with Crippen LogP contribution >= 0.6 is 11.6 Å². The first kappa shape index (κ1) is 14.7. The monoisotopic (exact) mass is 307 g/mol. The van der Waals surface area contributed by atoms with Crippen LogP contribution in [0.3, 0.4) is 0 Å². The Hall–Kier alpha value is -2.74. The van der Waals surface area contributed by atoms with Crippen LogP contribution in [0.1, 0.15) is 11.6 Å². The van der Waals surface area contributed by atoms with Gasteiger partial charge in [-0.15, -0.1) is 5.10 Å². The van der Waals surface area contributed by atoms with Gasteiger partial charge >= 0.3 is 12.0 Å². The highest BCUT2D eigenvalue weighted by atomic mass is 35.5. The van der Waals surface area contributed by atoms with E-state index < -0.39 is 18.0 Å². The van der Waals surface area contributed by atoms with Crippen LogP contribution in [-0.4, -0.2) is 32.3 Å². The third-order valence-electron chi connectivity index (χ3n) is 2.45. The second-order valence-electron chi connectivity index (χ2n) is 3.86. The average Bonchev–Trinajstić information content (AvgIpc) is 2.46. The molecular formula is C12H10ClN5O3. The van der Waals surface area contributed by atoms with Crippen molar-refractivity contribution in [1.82, 2.24) is 20.5 Å². The highest BCUT2D eigenvalue weighted by molar-refractivity contribution is 6.31. The highest BCUT2D eigenvalue weighted by Crippen LogP contribution is 2.22. The molecule has 0 unspecified atom stereocenters. The molecule has 0 bridgehead atoms. The first-order valence-corrected chi connectivity index (χ1v) is 6.14. The van der Waals surface area contributed by atoms with E-state index in [1.54, 1.807) is 12.1 Å². The number of carbonyl (C=O) groups is 2. The summed E-state index contributed by atoms with van der Waals surface area (Å²) < 4.78 is 0. The number of carboxylic acid groups (broad SMARTS) is 1. The van der Waals surface area contributed by atoms with Crippen molar-refractivity contribution in [2.45, 2.75) is 6.04 Å². The summed E-state index contributed by atoms with van der Waals surface area (Å²) in [6.07, 6.45) is 2.68. The molecule has 2 rings (SSSR count). The predicted octanol–water partition coefficient (Wildman–Crippen LogP) is 1.47. The zero-order valence-corrected chi connectivity index (χ0v) is 11.3. The van der Waals surface area contributed by atoms with Gasteiger partial charge in [-0.3, -0.25) is 5.32 Å². The van der Waals surface area contributed by atoms with Crippen molar-refractivity contribution in [3.63, 3.8) is 0 Å². The molecule has 1 aromatic heterocycles. The van der Waals surface area contributed by atoms with E-state index in [9.17, 15) is 14.7 Å². The van der Waals surface area contributed by atoms with E-state index in [2.05, 4.69) is 25.8 Å². The summed E-state index contributed by atoms with van der Waals surface area (Å²) in [4.78, 5) is 26.8. The van der Waals surface area contributed by atoms with Crippen molar-refractivity contribution in [2.24, 2.45) is 0 Å². The Bertz CT molecular complexity index is 652. The third-order valence-corrected chi connectivity index (χ3v) is 2.79. The number of nitrogens with one attached hydrogen (secondary N) is 2. The lowest BCUT2D eigenvalue weighted by atomic mass is 10.1. The van der Waals surface area contributed by atoms with Crippen LogP contribution in [0.4, 0.5) is 10.7 Å². The SMILES string of the molecule is O=C(Nc1nccnn1)N[C@@H](C(=O)O)c1ccccc1Cl. The van der Waals surface area contributed by atoms with Gasteiger partial charge in [-0.1, -0.05) is 29.8 Å². The Kier molecular flexibility index (Phi) is 4.62. The molecule has 9 heteroatoms. The maximum Gasteiger partial charge on any atom is 0.331 e. The van der Waals surface area contributed by atoms with Gasteiger partial charge in [0.15, 0.2) is 6.04 Å². The minimum absolute atomic E-state index is 0.0432. The molecule has 0 aliphatic carbocycles. The number of hydrogen-bond donors (Lipinski definition) is 3. The van der Waals surface area contributed by atoms with Crippen LogP contribution in [0.25, 0.3) is 0 Å². The van der Waals surface area contributed by atoms with Gasteiger partial charge in [0.25, 0.3) is 5.95 Å². The summed E-state index contributed by atoms with van der Waals surface area (Å²) in [6, 6.07) is 4.26. The van der Waals surface area contributed by atoms with Crippen LogP contribution < -0.4 is 10.6 Å². The van der Waals surface area contributed by atoms with Crippen molar-refractivity contribution in [3.05, 3.63) is 47.2 Å². The average molecular weight is 308 g/mol. The van der Waals surface area contributed by atoms with Crippen molar-refractivity contribution < 1.29 is 14.7 Å². The number of amides is 2. The molecule has 3 N–H and O–H groups in total. The summed E-state index contributed by atoms with van der Waals surface area (Å²) in [6.45, 7) is 0. The van der Waals surface area contributed by atoms with Crippen LogP contribution in [0.15, 0.2) is 36.7 Å². The van der Waals surface area contributed by atoms with Crippen molar-refractivity contribution in [2.75, 3.05) is 5.32 Å². The lowest BCUT2D eigenvalue weighted by Crippen LogP contribution is -2.37. The fourth-order valence-electron chi connectivity index (χ4n) is 1.56. The van der Waals surface area contributed by atoms with E-state index in [0.29, 0.717) is 0 Å². The molecule has 0 radical (unpaired) electrons. The molecule has 0 aliphatic heterocycles. The maximum atomic E-state index is 11.8. The van der Waals surface area contributed by atoms with E-state index in [-0.39, 0.29) is 16.5 Å². The number of carboxylic acids is 1. The fourth-order valence-corrected chi connectivity index (χ4v) is 1.80. The molecule has 108 valence electrons. The lowest BCUT2D eigenvalue weighted by Gasteiger charge is -2.16. The zero-order valence-electron chi connectivity index (χ0n) is 10.5. The second kappa shape index (κ2) is 6.62. The van der Waals surface area contributed by atoms with Gasteiger partial charge in [0, 0.05) is 10.6 Å². The van der Waals surface area contributed by atoms with Crippen molar-refractivity contribution >= 4 is 29.5 Å². The van der Waals surface area contributed by atoms with Crippen molar-refractivity contribution in [3.8, 4) is 0 Å². The molecule has 0 spiro atoms. The third kappa shape index (κ3) is 3.86. The summed E-state index contributed by atoms with van der Waals surface area (Å²) in [5, 5.41) is 21.1. The zero-order chi connectivity index (χ0) is 15.2. The molecule has 2 aromatic rings. The Morgan fingerprint density at radius 2 is 2.00 bits per heavy atom. The number of anilines is 1. The standard InChI is InChI=1S/C12H10ClN5O3/c13-8-4-2-1-3-7(8)9(10(19)20)16-12(21)17-11-14-5-6-15-18-11/h1-6,9H,(H,19,20)(H2,14,16,17,18,21)/t9-/m1/s1. The number of nitrogens with zero attached hydrogens (tertiary/aromatic N) is 3. The predicted molar refractivity (Wildman–Crippen MR) is 73.8 cm³/mol. The second-order valence-corrected chi connectivity index (χ2v) is 4.26. The lowest BCUT2D eigenvalue weighted by molar-refractivity contribution is -0.139. The van der Waals surface area contributed by atoms with Gasteiger partial charge in [0.05, 0.1) is 12.4 Å². The van der Waals surface area contributed by atoms with E-state index >= 15 is 0 Å². The quantitative estimate of drug-likeness (QED) is 0.787. The van der Waals surface area contributed by atoms with Gasteiger partial charge in [0.2, 0.25) is 0 Å². The smallest absolute Gasteiger partial charge is 0.331 e. The number of aromatic nitrogens is 3. The first-order valence-electron chi connectivity index (χ1n) is 5.76. The van der Waals surface area contributed by atoms with Gasteiger partial charge in [-0.05, 0) is 6.07 Å². The molecule has 8 nitrogen and oxygen atoms in total. The van der Waals surface area contributed by atoms with E-state index in [4.69, 9.17) is 11.6 Å². The number of benzene rings is 1. The molecule has 0 aliphatic rings. The van der Waals surface area contributed by atoms with Gasteiger partial charge in [-0.25, -0.2) is 14.6 Å². The number of aliphatic carboxylic acids is 1. The van der Waals surface area contributed by atoms with E-state index in [0.717, 1.165) is 0 Å². The molecule has 21 heavy (non-hydrogen) atoms. The number of hydrogen-bond acceptors (Lipinski definition) is 5. The largest absolute Gasteiger partial charge is 0.479 e. The van der Waals surface area contributed by atoms with Gasteiger partial charge < -0.3 is 10.4 Å². The number of carbonyl (C=O) groups excluding carboxylic acids is 1. The van der Waals surface area contributed by atoms with Crippen LogP contribution in [-0.2, 0) is 4.79 Å². The molecule has 1 atom stereocenters. The number of rotatable bonds is 4. The fraction of sp³-hybridized carbons (Fsp3) is 0.0833. The van der Waals surface area contributed by atoms with Gasteiger partial charge in [-0.2, -0.15) is 5.10 Å². The molecule has 0 fully saturated rings. The Morgan fingerprint density at radius 3 is 2.62 bits per heavy atom. The van der Waals surface area contributed by atoms with Crippen LogP contribution in [0, 0.1) is 0 Å². The van der Waals surface area contributed by atoms with Crippen LogP contribution in [0.5, 0.6) is 0 Å². The Balaban J connectivity index is 2.12. The summed E-state index contributed by atoms with van der Waals surface area (Å²) in [5.74, 6) is -1.29. The Morgan fingerprint density at radius 1 is 1.24 bits per heavy atom. The normalized spacial score (nSPS) is 11.5. The molecular weight excluding hydrogens is 298 g/mol. The van der Waals surface area contributed by atoms with Gasteiger partial charge in [0.1, 0.15) is 0 Å². The molecule has 1 aromatic carbocycles. The van der Waals surface area contributed by atoms with E-state index in [1.807, 2.05) is 0 Å². The molecule has 2 amide bonds. The minimum Gasteiger partial charge on any atom is -0.479 e. The maximum absolute atomic E-state index is 11.8. The summed E-state index contributed by atoms with van der Waals surface area (Å²) in [7, 11) is 0. The number of halogens is 1. The first-order chi connectivity index (χ1) is 10.1. The number of urea groups is 1. The molecule has 0 saturated heterocycles. The summed E-state index contributed by atoms with van der Waals surface area (Å²) >= 11 is 5.94. The molecule has 1 heterocycles. The summed E-state index contributed by atoms with van der Waals surface area (Å²) in [5.41, 5.74) is 0.272. The van der Waals surface area contributed by atoms with Crippen LogP contribution in [0.2, 0.25) is 5.02 Å². The highest BCUT2D eigenvalue weighted by Gasteiger charge is 2.24. The molecule has 0 saturated carbocycles. The topological polar surface area (TPSA) is 117 Å². The Labute approximate surface area is 124 Å². The van der Waals surface area contributed by atoms with E-state index in [1.165, 1.54) is 24.5 Å².